The zero-order chi connectivity index (χ0) is 11.2. The lowest BCUT2D eigenvalue weighted by Crippen LogP contribution is -2.38. The van der Waals surface area contributed by atoms with Crippen LogP contribution in [-0.4, -0.2) is 25.1 Å². The Labute approximate surface area is 87.1 Å². The molecule has 0 spiro atoms. The van der Waals surface area contributed by atoms with Crippen LogP contribution in [0.25, 0.3) is 0 Å². The number of guanidine groups is 1. The van der Waals surface area contributed by atoms with Gasteiger partial charge in [0.2, 0.25) is 0 Å². The first-order valence-corrected chi connectivity index (χ1v) is 5.12. The molecule has 0 fully saturated rings. The summed E-state index contributed by atoms with van der Waals surface area (Å²) in [5, 5.41) is 13.2. The number of hydrogen-bond donors (Lipinski definition) is 4. The molecular formula is C10H24N4. The first-order valence-electron chi connectivity index (χ1n) is 5.12. The Kier molecular flexibility index (Phi) is 5.53. The summed E-state index contributed by atoms with van der Waals surface area (Å²) in [5.41, 5.74) is 5.50. The van der Waals surface area contributed by atoms with Gasteiger partial charge in [-0.1, -0.05) is 20.8 Å². The maximum Gasteiger partial charge on any atom is 0.185 e. The molecule has 1 atom stereocenters. The Morgan fingerprint density at radius 2 is 2.00 bits per heavy atom. The van der Waals surface area contributed by atoms with Gasteiger partial charge in [0.05, 0.1) is 0 Å². The molecule has 0 aromatic heterocycles. The van der Waals surface area contributed by atoms with Gasteiger partial charge in [-0.3, -0.25) is 5.41 Å². The van der Waals surface area contributed by atoms with Gasteiger partial charge in [-0.05, 0) is 18.8 Å². The van der Waals surface area contributed by atoms with Crippen molar-refractivity contribution in [3.8, 4) is 0 Å². The highest BCUT2D eigenvalue weighted by Gasteiger charge is 2.11. The van der Waals surface area contributed by atoms with Crippen LogP contribution < -0.4 is 16.4 Å². The summed E-state index contributed by atoms with van der Waals surface area (Å²) in [6.07, 6.45) is 0.982. The second-order valence-corrected chi connectivity index (χ2v) is 4.97. The molecule has 0 radical (unpaired) electrons. The van der Waals surface area contributed by atoms with Gasteiger partial charge in [0.1, 0.15) is 0 Å². The fourth-order valence-electron chi connectivity index (χ4n) is 1.01. The summed E-state index contributed by atoms with van der Waals surface area (Å²) in [4.78, 5) is 0. The third-order valence-corrected chi connectivity index (χ3v) is 1.87. The Balaban J connectivity index is 3.46. The van der Waals surface area contributed by atoms with E-state index in [2.05, 4.69) is 38.3 Å². The van der Waals surface area contributed by atoms with Crippen LogP contribution in [-0.2, 0) is 0 Å². The maximum atomic E-state index is 6.99. The lowest BCUT2D eigenvalue weighted by atomic mass is 9.96. The molecule has 84 valence electrons. The quantitative estimate of drug-likeness (QED) is 0.393. The monoisotopic (exact) mass is 200 g/mol. The maximum absolute atomic E-state index is 6.99. The van der Waals surface area contributed by atoms with Crippen LogP contribution >= 0.6 is 0 Å². The van der Waals surface area contributed by atoms with E-state index in [1.807, 2.05) is 0 Å². The average molecular weight is 200 g/mol. The molecule has 0 aliphatic rings. The lowest BCUT2D eigenvalue weighted by Gasteiger charge is -2.22. The Morgan fingerprint density at radius 3 is 2.43 bits per heavy atom. The average Bonchev–Trinajstić information content (AvgIpc) is 1.99. The number of nitrogens with one attached hydrogen (secondary N) is 3. The van der Waals surface area contributed by atoms with Crippen molar-refractivity contribution in [3.63, 3.8) is 0 Å². The summed E-state index contributed by atoms with van der Waals surface area (Å²) in [6, 6.07) is 0.459. The zero-order valence-electron chi connectivity index (χ0n) is 9.78. The molecule has 0 bridgehead atoms. The first kappa shape index (κ1) is 13.2. The van der Waals surface area contributed by atoms with Crippen LogP contribution in [0.3, 0.4) is 0 Å². The molecule has 0 aliphatic carbocycles. The molecular weight excluding hydrogens is 176 g/mol. The summed E-state index contributed by atoms with van der Waals surface area (Å²) in [5.74, 6) is 0.0491. The predicted octanol–water partition coefficient (Wildman–Crippen LogP) is 0.884. The van der Waals surface area contributed by atoms with E-state index in [4.69, 9.17) is 11.1 Å². The van der Waals surface area contributed by atoms with Crippen LogP contribution in [0.1, 0.15) is 34.1 Å². The standard InChI is InChI=1S/C10H24N4/c1-8(5-6-13-9(11)12)14-7-10(2,3)4/h8,14H,5-7H2,1-4H3,(H4,11,12,13)/t8-/m1/s1. The first-order chi connectivity index (χ1) is 6.31. The zero-order valence-corrected chi connectivity index (χ0v) is 9.78. The van der Waals surface area contributed by atoms with Gasteiger partial charge >= 0.3 is 0 Å². The molecule has 14 heavy (non-hydrogen) atoms. The molecule has 0 heterocycles. The van der Waals surface area contributed by atoms with Crippen LogP contribution in [0.15, 0.2) is 0 Å². The predicted molar refractivity (Wildman–Crippen MR) is 61.5 cm³/mol. The smallest absolute Gasteiger partial charge is 0.185 e. The van der Waals surface area contributed by atoms with E-state index in [1.165, 1.54) is 0 Å². The van der Waals surface area contributed by atoms with E-state index in [1.54, 1.807) is 0 Å². The number of nitrogens with two attached hydrogens (primary N) is 1. The molecule has 4 heteroatoms. The molecule has 0 unspecified atom stereocenters. The Morgan fingerprint density at radius 1 is 1.43 bits per heavy atom. The highest BCUT2D eigenvalue weighted by Crippen LogP contribution is 2.10. The summed E-state index contributed by atoms with van der Waals surface area (Å²) < 4.78 is 0. The van der Waals surface area contributed by atoms with E-state index in [0.717, 1.165) is 19.5 Å². The van der Waals surface area contributed by atoms with Gasteiger partial charge in [0.25, 0.3) is 0 Å². The van der Waals surface area contributed by atoms with E-state index in [9.17, 15) is 0 Å². The van der Waals surface area contributed by atoms with Gasteiger partial charge in [0, 0.05) is 19.1 Å². The van der Waals surface area contributed by atoms with Crippen LogP contribution in [0.4, 0.5) is 0 Å². The van der Waals surface area contributed by atoms with E-state index >= 15 is 0 Å². The Hall–Kier alpha value is -0.770. The van der Waals surface area contributed by atoms with E-state index in [-0.39, 0.29) is 5.96 Å². The van der Waals surface area contributed by atoms with Gasteiger partial charge in [0.15, 0.2) is 5.96 Å². The molecule has 0 saturated carbocycles. The number of rotatable bonds is 5. The second kappa shape index (κ2) is 5.86. The van der Waals surface area contributed by atoms with Gasteiger partial charge in [-0.2, -0.15) is 0 Å². The van der Waals surface area contributed by atoms with Gasteiger partial charge in [-0.15, -0.1) is 0 Å². The van der Waals surface area contributed by atoms with Crippen molar-refractivity contribution >= 4 is 5.96 Å². The third-order valence-electron chi connectivity index (χ3n) is 1.87. The topological polar surface area (TPSA) is 73.9 Å². The largest absolute Gasteiger partial charge is 0.370 e. The second-order valence-electron chi connectivity index (χ2n) is 4.97. The summed E-state index contributed by atoms with van der Waals surface area (Å²) in [6.45, 7) is 10.5. The third kappa shape index (κ3) is 9.32. The Bertz CT molecular complexity index is 171. The van der Waals surface area contributed by atoms with Crippen molar-refractivity contribution in [1.82, 2.24) is 10.6 Å². The van der Waals surface area contributed by atoms with Crippen molar-refractivity contribution in [2.75, 3.05) is 13.1 Å². The fourth-order valence-corrected chi connectivity index (χ4v) is 1.01. The highest BCUT2D eigenvalue weighted by molar-refractivity contribution is 5.74. The normalized spacial score (nSPS) is 13.7. The molecule has 0 aromatic carbocycles. The van der Waals surface area contributed by atoms with Crippen molar-refractivity contribution in [3.05, 3.63) is 0 Å². The van der Waals surface area contributed by atoms with Crippen molar-refractivity contribution in [2.24, 2.45) is 11.1 Å². The van der Waals surface area contributed by atoms with Crippen LogP contribution in [0, 0.1) is 10.8 Å². The molecule has 0 amide bonds. The van der Waals surface area contributed by atoms with Gasteiger partial charge < -0.3 is 16.4 Å². The minimum absolute atomic E-state index is 0.0491. The SMILES string of the molecule is C[C@H](CCNC(=N)N)NCC(C)(C)C. The fraction of sp³-hybridized carbons (Fsp3) is 0.900. The molecule has 5 N–H and O–H groups in total. The van der Waals surface area contributed by atoms with Crippen molar-refractivity contribution < 1.29 is 0 Å². The van der Waals surface area contributed by atoms with Crippen LogP contribution in [0.2, 0.25) is 0 Å². The van der Waals surface area contributed by atoms with Gasteiger partial charge in [-0.25, -0.2) is 0 Å². The van der Waals surface area contributed by atoms with E-state index < -0.39 is 0 Å². The lowest BCUT2D eigenvalue weighted by molar-refractivity contribution is 0.351. The molecule has 0 saturated heterocycles. The minimum Gasteiger partial charge on any atom is -0.370 e. The molecule has 0 rings (SSSR count). The minimum atomic E-state index is 0.0491. The molecule has 0 aromatic rings. The molecule has 4 nitrogen and oxygen atoms in total. The van der Waals surface area contributed by atoms with Crippen molar-refractivity contribution in [1.29, 1.82) is 5.41 Å². The summed E-state index contributed by atoms with van der Waals surface area (Å²) in [7, 11) is 0. The van der Waals surface area contributed by atoms with Crippen LogP contribution in [0.5, 0.6) is 0 Å². The number of hydrogen-bond acceptors (Lipinski definition) is 2. The highest BCUT2D eigenvalue weighted by atomic mass is 15.0. The molecule has 0 aliphatic heterocycles. The van der Waals surface area contributed by atoms with Crippen molar-refractivity contribution in [2.45, 2.75) is 40.2 Å². The van der Waals surface area contributed by atoms with E-state index in [0.29, 0.717) is 11.5 Å². The summed E-state index contributed by atoms with van der Waals surface area (Å²) >= 11 is 0.